The highest BCUT2D eigenvalue weighted by Crippen LogP contribution is 2.33. The molecule has 0 atom stereocenters. The summed E-state index contributed by atoms with van der Waals surface area (Å²) in [6.07, 6.45) is 5.08. The van der Waals surface area contributed by atoms with Crippen LogP contribution in [0.15, 0.2) is 30.6 Å². The summed E-state index contributed by atoms with van der Waals surface area (Å²) < 4.78 is 40.2. The van der Waals surface area contributed by atoms with Gasteiger partial charge in [0.05, 0.1) is 30.7 Å². The third-order valence-electron chi connectivity index (χ3n) is 6.68. The Hall–Kier alpha value is -3.76. The van der Waals surface area contributed by atoms with Gasteiger partial charge < -0.3 is 19.3 Å². The number of aryl methyl sites for hydroxylation is 1. The van der Waals surface area contributed by atoms with Crippen LogP contribution in [0.2, 0.25) is 0 Å². The summed E-state index contributed by atoms with van der Waals surface area (Å²) in [6.45, 7) is 7.00. The molecule has 0 saturated carbocycles. The fourth-order valence-corrected chi connectivity index (χ4v) is 4.70. The van der Waals surface area contributed by atoms with Crippen molar-refractivity contribution < 1.29 is 23.0 Å². The molecule has 1 aromatic carbocycles. The minimum atomic E-state index is -0.699. The molecule has 0 N–H and O–H groups in total. The van der Waals surface area contributed by atoms with E-state index >= 15 is 0 Å². The quantitative estimate of drug-likeness (QED) is 0.489. The van der Waals surface area contributed by atoms with Crippen LogP contribution >= 0.6 is 0 Å². The lowest BCUT2D eigenvalue weighted by atomic mass is 10.1. The fourth-order valence-electron chi connectivity index (χ4n) is 4.70. The molecule has 0 spiro atoms. The summed E-state index contributed by atoms with van der Waals surface area (Å²) in [5.41, 5.74) is 3.20. The predicted octanol–water partition coefficient (Wildman–Crippen LogP) is 4.20. The molecule has 0 unspecified atom stereocenters. The standard InChI is InChI=1S/C26H30F2N6O3/c1-3-34-15-17(14-29-34)24-25(31-21-9-12-33(16-22(21)30-24)26(35)36-4-2)32-10-7-19(8-11-32)37-23-6-5-18(27)13-20(23)28/h5-6,13-15,19H,3-4,7-12,16H2,1-2H3. The number of benzene rings is 1. The number of carbonyl (C=O) groups excluding carboxylic acids is 1. The Morgan fingerprint density at radius 2 is 1.92 bits per heavy atom. The summed E-state index contributed by atoms with van der Waals surface area (Å²) in [6, 6.07) is 3.36. The normalized spacial score (nSPS) is 16.0. The number of hydrogen-bond acceptors (Lipinski definition) is 7. The predicted molar refractivity (Wildman–Crippen MR) is 132 cm³/mol. The van der Waals surface area contributed by atoms with Gasteiger partial charge in [-0.1, -0.05) is 0 Å². The highest BCUT2D eigenvalue weighted by Gasteiger charge is 2.30. The number of piperidine rings is 1. The second-order valence-corrected chi connectivity index (χ2v) is 9.12. The van der Waals surface area contributed by atoms with Crippen molar-refractivity contribution >= 4 is 11.9 Å². The topological polar surface area (TPSA) is 85.6 Å². The number of fused-ring (bicyclic) bond motifs is 1. The van der Waals surface area contributed by atoms with E-state index in [2.05, 4.69) is 10.00 Å². The van der Waals surface area contributed by atoms with Gasteiger partial charge in [-0.3, -0.25) is 4.68 Å². The van der Waals surface area contributed by atoms with Crippen molar-refractivity contribution in [2.24, 2.45) is 0 Å². The van der Waals surface area contributed by atoms with E-state index in [4.69, 9.17) is 19.4 Å². The van der Waals surface area contributed by atoms with Gasteiger partial charge in [0.25, 0.3) is 0 Å². The Bertz CT molecular complexity index is 1280. The number of rotatable bonds is 6. The monoisotopic (exact) mass is 512 g/mol. The Morgan fingerprint density at radius 1 is 1.11 bits per heavy atom. The molecule has 4 heterocycles. The number of aromatic nitrogens is 4. The van der Waals surface area contributed by atoms with E-state index < -0.39 is 11.6 Å². The maximum Gasteiger partial charge on any atom is 0.410 e. The zero-order valence-electron chi connectivity index (χ0n) is 21.0. The first kappa shape index (κ1) is 24.9. The third kappa shape index (κ3) is 5.35. The minimum Gasteiger partial charge on any atom is -0.487 e. The maximum absolute atomic E-state index is 14.1. The molecule has 0 bridgehead atoms. The Labute approximate surface area is 214 Å². The number of nitrogens with zero attached hydrogens (tertiary/aromatic N) is 6. The minimum absolute atomic E-state index is 0.0623. The van der Waals surface area contributed by atoms with Crippen molar-refractivity contribution in [3.05, 3.63) is 53.6 Å². The summed E-state index contributed by atoms with van der Waals surface area (Å²) in [5.74, 6) is -0.498. The average molecular weight is 513 g/mol. The van der Waals surface area contributed by atoms with E-state index in [1.807, 2.05) is 17.8 Å². The highest BCUT2D eigenvalue weighted by molar-refractivity contribution is 5.72. The summed E-state index contributed by atoms with van der Waals surface area (Å²) in [5, 5.41) is 4.41. The molecular formula is C26H30F2N6O3. The molecule has 3 aromatic rings. The van der Waals surface area contributed by atoms with Crippen LogP contribution in [0.5, 0.6) is 5.75 Å². The second-order valence-electron chi connectivity index (χ2n) is 9.12. The van der Waals surface area contributed by atoms with Crippen LogP contribution in [0.25, 0.3) is 11.3 Å². The largest absolute Gasteiger partial charge is 0.487 e. The van der Waals surface area contributed by atoms with Gasteiger partial charge in [-0.2, -0.15) is 5.10 Å². The SMILES string of the molecule is CCOC(=O)N1CCc2nc(N3CCC(Oc4ccc(F)cc4F)CC3)c(-c3cnn(CC)c3)nc2C1. The summed E-state index contributed by atoms with van der Waals surface area (Å²) in [4.78, 5) is 26.1. The number of anilines is 1. The van der Waals surface area contributed by atoms with Crippen molar-refractivity contribution in [3.8, 4) is 17.0 Å². The van der Waals surface area contributed by atoms with Crippen LogP contribution in [-0.4, -0.2) is 63.1 Å². The molecule has 0 radical (unpaired) electrons. The maximum atomic E-state index is 14.1. The van der Waals surface area contributed by atoms with E-state index in [1.54, 1.807) is 18.0 Å². The van der Waals surface area contributed by atoms with Gasteiger partial charge in [0.2, 0.25) is 0 Å². The number of ether oxygens (including phenoxy) is 2. The lowest BCUT2D eigenvalue weighted by molar-refractivity contribution is 0.102. The molecule has 1 saturated heterocycles. The van der Waals surface area contributed by atoms with Gasteiger partial charge >= 0.3 is 6.09 Å². The summed E-state index contributed by atoms with van der Waals surface area (Å²) >= 11 is 0. The van der Waals surface area contributed by atoms with Gasteiger partial charge in [0.15, 0.2) is 17.4 Å². The van der Waals surface area contributed by atoms with Crippen molar-refractivity contribution in [2.45, 2.75) is 52.3 Å². The number of halogens is 2. The van der Waals surface area contributed by atoms with E-state index in [-0.39, 0.29) is 17.9 Å². The highest BCUT2D eigenvalue weighted by atomic mass is 19.1. The molecule has 11 heteroatoms. The zero-order chi connectivity index (χ0) is 25.9. The smallest absolute Gasteiger partial charge is 0.410 e. The number of carbonyl (C=O) groups is 1. The molecule has 2 aromatic heterocycles. The van der Waals surface area contributed by atoms with Gasteiger partial charge in [0, 0.05) is 63.3 Å². The molecule has 9 nitrogen and oxygen atoms in total. The van der Waals surface area contributed by atoms with Crippen molar-refractivity contribution in [1.82, 2.24) is 24.6 Å². The Balaban J connectivity index is 1.38. The molecule has 5 rings (SSSR count). The number of hydrogen-bond donors (Lipinski definition) is 0. The van der Waals surface area contributed by atoms with Gasteiger partial charge in [0.1, 0.15) is 17.6 Å². The van der Waals surface area contributed by atoms with Gasteiger partial charge in [-0.25, -0.2) is 23.5 Å². The van der Waals surface area contributed by atoms with Crippen LogP contribution in [0.1, 0.15) is 38.1 Å². The van der Waals surface area contributed by atoms with Crippen molar-refractivity contribution in [2.75, 3.05) is 31.1 Å². The van der Waals surface area contributed by atoms with Crippen LogP contribution in [-0.2, 0) is 24.2 Å². The first-order valence-corrected chi connectivity index (χ1v) is 12.7. The molecule has 2 aliphatic rings. The van der Waals surface area contributed by atoms with Gasteiger partial charge in [-0.05, 0) is 26.0 Å². The van der Waals surface area contributed by atoms with E-state index in [9.17, 15) is 13.6 Å². The van der Waals surface area contributed by atoms with Crippen LogP contribution < -0.4 is 9.64 Å². The molecule has 1 amide bonds. The third-order valence-corrected chi connectivity index (χ3v) is 6.68. The summed E-state index contributed by atoms with van der Waals surface area (Å²) in [7, 11) is 0. The van der Waals surface area contributed by atoms with Gasteiger partial charge in [-0.15, -0.1) is 0 Å². The van der Waals surface area contributed by atoms with Crippen molar-refractivity contribution in [3.63, 3.8) is 0 Å². The molecule has 1 fully saturated rings. The molecule has 196 valence electrons. The van der Waals surface area contributed by atoms with Crippen LogP contribution in [0.4, 0.5) is 19.4 Å². The van der Waals surface area contributed by atoms with E-state index in [0.29, 0.717) is 57.7 Å². The number of amides is 1. The van der Waals surface area contributed by atoms with E-state index in [0.717, 1.165) is 35.4 Å². The molecule has 0 aliphatic carbocycles. The Kier molecular flexibility index (Phi) is 7.20. The first-order chi connectivity index (χ1) is 17.9. The lowest BCUT2D eigenvalue weighted by Gasteiger charge is -2.35. The second kappa shape index (κ2) is 10.7. The average Bonchev–Trinajstić information content (AvgIpc) is 3.39. The van der Waals surface area contributed by atoms with Crippen LogP contribution in [0.3, 0.4) is 0 Å². The van der Waals surface area contributed by atoms with Crippen molar-refractivity contribution in [1.29, 1.82) is 0 Å². The zero-order valence-corrected chi connectivity index (χ0v) is 21.0. The molecular weight excluding hydrogens is 482 g/mol. The van der Waals surface area contributed by atoms with Crippen LogP contribution in [0, 0.1) is 11.6 Å². The van der Waals surface area contributed by atoms with E-state index in [1.165, 1.54) is 12.1 Å². The molecule has 2 aliphatic heterocycles. The fraction of sp³-hybridized carbons (Fsp3) is 0.462. The Morgan fingerprint density at radius 3 is 2.62 bits per heavy atom. The molecule has 37 heavy (non-hydrogen) atoms. The first-order valence-electron chi connectivity index (χ1n) is 12.7. The lowest BCUT2D eigenvalue weighted by Crippen LogP contribution is -2.40.